The molecule has 5 aromatic rings. The van der Waals surface area contributed by atoms with Gasteiger partial charge in [-0.05, 0) is 88.4 Å². The molecule has 3 aliphatic rings. The molecule has 1 N–H and O–H groups in total. The van der Waals surface area contributed by atoms with Crippen molar-refractivity contribution in [2.24, 2.45) is 0 Å². The van der Waals surface area contributed by atoms with Crippen LogP contribution in [0.1, 0.15) is 90.5 Å². The van der Waals surface area contributed by atoms with Crippen LogP contribution in [0.25, 0.3) is 21.3 Å². The van der Waals surface area contributed by atoms with Crippen LogP contribution >= 0.6 is 11.3 Å². The Labute approximate surface area is 320 Å². The van der Waals surface area contributed by atoms with Gasteiger partial charge in [-0.15, -0.1) is 0 Å². The number of esters is 1. The molecule has 2 aromatic carbocycles. The van der Waals surface area contributed by atoms with Crippen molar-refractivity contribution in [2.45, 2.75) is 90.4 Å². The third kappa shape index (κ3) is 7.39. The fourth-order valence-corrected chi connectivity index (χ4v) is 9.24. The van der Waals surface area contributed by atoms with E-state index in [0.29, 0.717) is 35.2 Å². The van der Waals surface area contributed by atoms with E-state index < -0.39 is 11.6 Å². The average molecular weight is 748 g/mol. The van der Waals surface area contributed by atoms with Gasteiger partial charge in [0.05, 0.1) is 36.2 Å². The highest BCUT2D eigenvalue weighted by Crippen LogP contribution is 2.38. The van der Waals surface area contributed by atoms with Crippen LogP contribution in [-0.4, -0.2) is 80.5 Å². The molecule has 1 saturated carbocycles. The van der Waals surface area contributed by atoms with Crippen molar-refractivity contribution >= 4 is 44.4 Å². The number of hydrogen-bond acceptors (Lipinski definition) is 10. The standard InChI is InChI=1S/C42H49N7O4S/c1-28-32(25-43-49(28)27-42(18-8-5-9-19-42)48-21-23-52-24-22-48)30-15-16-36(45-37(30)39(51)53-41(2,3)4)47-20-17-29-11-10-12-31(33(29)26-47)38(50)46-40-44-34-13-6-7-14-35(34)54-40/h6-7,10-16,25H,5,8-9,17-24,26-27H2,1-4H3,(H,44,46,50). The number of amides is 1. The number of fused-ring (bicyclic) bond motifs is 2. The summed E-state index contributed by atoms with van der Waals surface area (Å²) in [6, 6.07) is 17.7. The van der Waals surface area contributed by atoms with Gasteiger partial charge in [-0.2, -0.15) is 5.10 Å². The number of carbonyl (C=O) groups is 2. The summed E-state index contributed by atoms with van der Waals surface area (Å²) in [5.41, 5.74) is 5.72. The lowest BCUT2D eigenvalue weighted by Gasteiger charge is -2.48. The summed E-state index contributed by atoms with van der Waals surface area (Å²) in [7, 11) is 0. The van der Waals surface area contributed by atoms with Crippen LogP contribution in [0.4, 0.5) is 10.9 Å². The van der Waals surface area contributed by atoms with Gasteiger partial charge in [0.1, 0.15) is 11.4 Å². The van der Waals surface area contributed by atoms with E-state index in [-0.39, 0.29) is 17.1 Å². The molecule has 2 aliphatic heterocycles. The number of pyridine rings is 1. The lowest BCUT2D eigenvalue weighted by atomic mass is 9.79. The molecular formula is C42H49N7O4S. The van der Waals surface area contributed by atoms with Gasteiger partial charge in [-0.3, -0.25) is 19.7 Å². The topological polar surface area (TPSA) is 115 Å². The molecule has 1 amide bonds. The number of thiazole rings is 1. The second kappa shape index (κ2) is 14.9. The Hall–Kier alpha value is -4.65. The maximum atomic E-state index is 14.0. The van der Waals surface area contributed by atoms with E-state index in [0.717, 1.165) is 84.7 Å². The SMILES string of the molecule is Cc1c(-c2ccc(N3CCc4cccc(C(=O)Nc5nc6ccccc6s5)c4C3)nc2C(=O)OC(C)(C)C)cnn1CC1(N2CCOCC2)CCCCC1. The van der Waals surface area contributed by atoms with Crippen LogP contribution in [0, 0.1) is 6.92 Å². The number of hydrogen-bond donors (Lipinski definition) is 1. The normalized spacial score (nSPS) is 17.7. The first kappa shape index (κ1) is 36.3. The fraction of sp³-hybridized carbons (Fsp3) is 0.452. The molecule has 1 saturated heterocycles. The molecule has 8 rings (SSSR count). The third-order valence-corrected chi connectivity index (χ3v) is 12.1. The molecule has 11 nitrogen and oxygen atoms in total. The molecule has 12 heteroatoms. The van der Waals surface area contributed by atoms with E-state index >= 15 is 0 Å². The number of benzene rings is 2. The minimum absolute atomic E-state index is 0.0425. The van der Waals surface area contributed by atoms with Crippen LogP contribution in [0.3, 0.4) is 0 Å². The Kier molecular flexibility index (Phi) is 10.0. The van der Waals surface area contributed by atoms with E-state index in [4.69, 9.17) is 19.6 Å². The lowest BCUT2D eigenvalue weighted by Crippen LogP contribution is -2.56. The fourth-order valence-electron chi connectivity index (χ4n) is 8.37. The Morgan fingerprint density at radius 2 is 1.74 bits per heavy atom. The van der Waals surface area contributed by atoms with Gasteiger partial charge in [0.15, 0.2) is 10.8 Å². The zero-order valence-corrected chi connectivity index (χ0v) is 32.5. The van der Waals surface area contributed by atoms with Gasteiger partial charge < -0.3 is 14.4 Å². The Balaban J connectivity index is 1.09. The van der Waals surface area contributed by atoms with Crippen LogP contribution < -0.4 is 10.2 Å². The van der Waals surface area contributed by atoms with E-state index in [1.165, 1.54) is 30.6 Å². The van der Waals surface area contributed by atoms with E-state index in [1.807, 2.05) is 75.5 Å². The summed E-state index contributed by atoms with van der Waals surface area (Å²) < 4.78 is 14.8. The summed E-state index contributed by atoms with van der Waals surface area (Å²) in [6.45, 7) is 13.1. The molecule has 0 spiro atoms. The molecule has 3 aromatic heterocycles. The Morgan fingerprint density at radius 3 is 2.52 bits per heavy atom. The van der Waals surface area contributed by atoms with E-state index in [2.05, 4.69) is 37.8 Å². The highest BCUT2D eigenvalue weighted by atomic mass is 32.1. The predicted molar refractivity (Wildman–Crippen MR) is 212 cm³/mol. The first-order chi connectivity index (χ1) is 26.1. The van der Waals surface area contributed by atoms with Crippen molar-refractivity contribution in [1.29, 1.82) is 0 Å². The minimum Gasteiger partial charge on any atom is -0.455 e. The zero-order chi connectivity index (χ0) is 37.5. The largest absolute Gasteiger partial charge is 0.455 e. The number of rotatable bonds is 8. The lowest BCUT2D eigenvalue weighted by molar-refractivity contribution is -0.0461. The second-order valence-corrected chi connectivity index (χ2v) is 16.8. The van der Waals surface area contributed by atoms with Gasteiger partial charge in [0.2, 0.25) is 0 Å². The average Bonchev–Trinajstić information content (AvgIpc) is 3.75. The van der Waals surface area contributed by atoms with Crippen LogP contribution in [0.2, 0.25) is 0 Å². The molecule has 0 radical (unpaired) electrons. The number of para-hydroxylation sites is 1. The first-order valence-corrected chi connectivity index (χ1v) is 20.0. The number of nitrogens with zero attached hydrogens (tertiary/aromatic N) is 6. The van der Waals surface area contributed by atoms with Crippen molar-refractivity contribution in [2.75, 3.05) is 43.1 Å². The minimum atomic E-state index is -0.702. The van der Waals surface area contributed by atoms with Gasteiger partial charge in [-0.25, -0.2) is 14.8 Å². The van der Waals surface area contributed by atoms with Crippen LogP contribution in [-0.2, 0) is 29.0 Å². The molecular weight excluding hydrogens is 699 g/mol. The molecule has 0 atom stereocenters. The van der Waals surface area contributed by atoms with Crippen molar-refractivity contribution in [3.63, 3.8) is 0 Å². The van der Waals surface area contributed by atoms with Gasteiger partial charge >= 0.3 is 5.97 Å². The van der Waals surface area contributed by atoms with Crippen LogP contribution in [0.5, 0.6) is 0 Å². The maximum absolute atomic E-state index is 14.0. The van der Waals surface area contributed by atoms with Crippen molar-refractivity contribution < 1.29 is 19.1 Å². The van der Waals surface area contributed by atoms with Crippen molar-refractivity contribution in [1.82, 2.24) is 24.6 Å². The maximum Gasteiger partial charge on any atom is 0.358 e. The molecule has 1 aliphatic carbocycles. The number of carbonyl (C=O) groups excluding carboxylic acids is 2. The molecule has 2 fully saturated rings. The van der Waals surface area contributed by atoms with E-state index in [9.17, 15) is 9.59 Å². The second-order valence-electron chi connectivity index (χ2n) is 15.8. The van der Waals surface area contributed by atoms with Crippen molar-refractivity contribution in [3.8, 4) is 11.1 Å². The first-order valence-electron chi connectivity index (χ1n) is 19.2. The molecule has 0 unspecified atom stereocenters. The highest BCUT2D eigenvalue weighted by molar-refractivity contribution is 7.22. The Bertz CT molecular complexity index is 2140. The monoisotopic (exact) mass is 747 g/mol. The number of ether oxygens (including phenoxy) is 2. The molecule has 282 valence electrons. The third-order valence-electron chi connectivity index (χ3n) is 11.1. The van der Waals surface area contributed by atoms with Crippen LogP contribution in [0.15, 0.2) is 60.8 Å². The summed E-state index contributed by atoms with van der Waals surface area (Å²) in [5.74, 6) is -0.0105. The molecule has 5 heterocycles. The summed E-state index contributed by atoms with van der Waals surface area (Å²) in [6.07, 6.45) is 8.61. The number of aromatic nitrogens is 4. The van der Waals surface area contributed by atoms with Gasteiger partial charge in [0.25, 0.3) is 5.91 Å². The summed E-state index contributed by atoms with van der Waals surface area (Å²) >= 11 is 1.46. The number of nitrogens with one attached hydrogen (secondary N) is 1. The number of morpholine rings is 1. The summed E-state index contributed by atoms with van der Waals surface area (Å²) in [5, 5.41) is 8.54. The molecule has 0 bridgehead atoms. The van der Waals surface area contributed by atoms with Crippen molar-refractivity contribution in [3.05, 3.63) is 88.9 Å². The highest BCUT2D eigenvalue weighted by Gasteiger charge is 2.40. The molecule has 54 heavy (non-hydrogen) atoms. The Morgan fingerprint density at radius 1 is 0.944 bits per heavy atom. The van der Waals surface area contributed by atoms with Gasteiger partial charge in [0, 0.05) is 54.1 Å². The smallest absolute Gasteiger partial charge is 0.358 e. The summed E-state index contributed by atoms with van der Waals surface area (Å²) in [4.78, 5) is 42.1. The quantitative estimate of drug-likeness (QED) is 0.160. The number of anilines is 2. The zero-order valence-electron chi connectivity index (χ0n) is 31.7. The predicted octanol–water partition coefficient (Wildman–Crippen LogP) is 7.67. The van der Waals surface area contributed by atoms with E-state index in [1.54, 1.807) is 0 Å². The van der Waals surface area contributed by atoms with Gasteiger partial charge in [-0.1, -0.05) is 54.9 Å².